The molecular weight excluding hydrogens is 358 g/mol. The fourth-order valence-electron chi connectivity index (χ4n) is 4.03. The highest BCUT2D eigenvalue weighted by Crippen LogP contribution is 2.32. The molecule has 2 aromatic heterocycles. The van der Waals surface area contributed by atoms with Gasteiger partial charge in [-0.05, 0) is 43.0 Å². The van der Waals surface area contributed by atoms with Crippen LogP contribution < -0.4 is 15.7 Å². The number of nitrogens with zero attached hydrogens (tertiary/aromatic N) is 4. The van der Waals surface area contributed by atoms with Crippen molar-refractivity contribution in [2.24, 2.45) is 7.05 Å². The quantitative estimate of drug-likeness (QED) is 0.750. The Morgan fingerprint density at radius 3 is 3.00 bits per heavy atom. The van der Waals surface area contributed by atoms with Gasteiger partial charge in [0.25, 0.3) is 0 Å². The maximum Gasteiger partial charge on any atom is 0.330 e. The molecule has 28 heavy (non-hydrogen) atoms. The number of benzene rings is 1. The molecule has 4 heterocycles. The predicted octanol–water partition coefficient (Wildman–Crippen LogP) is 2.47. The maximum atomic E-state index is 12.8. The van der Waals surface area contributed by atoms with Crippen molar-refractivity contribution in [3.05, 3.63) is 39.9 Å². The van der Waals surface area contributed by atoms with E-state index in [1.54, 1.807) is 22.4 Å². The zero-order valence-corrected chi connectivity index (χ0v) is 16.1. The minimum absolute atomic E-state index is 0.00609. The Hall–Kier alpha value is -2.87. The number of ether oxygens (including phenoxy) is 2. The standard InChI is InChI=1S/C20H23N5O3/c1-12-8-17-13(5-7-28-17)9-15(12)22-19-21-10-16-18(23-19)25(20(26)24(16)2)14-4-3-6-27-11-14/h8-10,14H,3-7,11H2,1-2H3,(H,21,22,23). The lowest BCUT2D eigenvalue weighted by molar-refractivity contribution is 0.0591. The van der Waals surface area contributed by atoms with E-state index in [9.17, 15) is 4.79 Å². The third kappa shape index (κ3) is 2.75. The molecule has 0 radical (unpaired) electrons. The number of anilines is 2. The van der Waals surface area contributed by atoms with Gasteiger partial charge in [-0.2, -0.15) is 4.98 Å². The van der Waals surface area contributed by atoms with Gasteiger partial charge in [-0.15, -0.1) is 0 Å². The van der Waals surface area contributed by atoms with E-state index in [2.05, 4.69) is 16.4 Å². The van der Waals surface area contributed by atoms with Crippen LogP contribution in [0, 0.1) is 6.92 Å². The Bertz CT molecular complexity index is 1110. The second-order valence-electron chi connectivity index (χ2n) is 7.48. The first-order valence-electron chi connectivity index (χ1n) is 9.67. The van der Waals surface area contributed by atoms with E-state index in [1.807, 2.05) is 13.0 Å². The smallest absolute Gasteiger partial charge is 0.330 e. The van der Waals surface area contributed by atoms with Gasteiger partial charge < -0.3 is 14.8 Å². The van der Waals surface area contributed by atoms with Crippen LogP contribution in [0.1, 0.15) is 30.0 Å². The highest BCUT2D eigenvalue weighted by Gasteiger charge is 2.23. The maximum absolute atomic E-state index is 12.8. The van der Waals surface area contributed by atoms with Crippen LogP contribution in [0.15, 0.2) is 23.1 Å². The SMILES string of the molecule is Cc1cc2c(cc1Nc1ncc3c(n1)n(C1CCCOC1)c(=O)n3C)CCO2. The monoisotopic (exact) mass is 381 g/mol. The molecule has 0 bridgehead atoms. The lowest BCUT2D eigenvalue weighted by Gasteiger charge is -2.22. The molecule has 2 aliphatic rings. The Kier molecular flexibility index (Phi) is 4.08. The molecule has 2 aliphatic heterocycles. The van der Waals surface area contributed by atoms with E-state index in [0.717, 1.165) is 55.0 Å². The fraction of sp³-hybridized carbons (Fsp3) is 0.450. The summed E-state index contributed by atoms with van der Waals surface area (Å²) in [5.74, 6) is 1.43. The average molecular weight is 381 g/mol. The van der Waals surface area contributed by atoms with Crippen molar-refractivity contribution in [2.75, 3.05) is 25.1 Å². The van der Waals surface area contributed by atoms with E-state index in [-0.39, 0.29) is 11.7 Å². The van der Waals surface area contributed by atoms with E-state index in [1.165, 1.54) is 5.56 Å². The van der Waals surface area contributed by atoms with Crippen LogP contribution in [0.2, 0.25) is 0 Å². The van der Waals surface area contributed by atoms with Crippen LogP contribution in [0.5, 0.6) is 5.75 Å². The van der Waals surface area contributed by atoms with Gasteiger partial charge in [0.2, 0.25) is 5.95 Å². The molecule has 0 amide bonds. The Labute approximate surface area is 162 Å². The first-order chi connectivity index (χ1) is 13.6. The summed E-state index contributed by atoms with van der Waals surface area (Å²) in [6.07, 6.45) is 4.47. The molecule has 1 saturated heterocycles. The third-order valence-electron chi connectivity index (χ3n) is 5.62. The Morgan fingerprint density at radius 2 is 2.18 bits per heavy atom. The summed E-state index contributed by atoms with van der Waals surface area (Å²) in [5.41, 5.74) is 4.49. The molecule has 1 aromatic carbocycles. The number of imidazole rings is 1. The minimum Gasteiger partial charge on any atom is -0.493 e. The second kappa shape index (κ2) is 6.63. The average Bonchev–Trinajstić information content (AvgIpc) is 3.25. The van der Waals surface area contributed by atoms with Crippen LogP contribution >= 0.6 is 0 Å². The molecule has 146 valence electrons. The molecule has 8 nitrogen and oxygen atoms in total. The van der Waals surface area contributed by atoms with Gasteiger partial charge >= 0.3 is 5.69 Å². The summed E-state index contributed by atoms with van der Waals surface area (Å²) >= 11 is 0. The van der Waals surface area contributed by atoms with Crippen LogP contribution in [-0.2, 0) is 18.2 Å². The topological polar surface area (TPSA) is 83.2 Å². The summed E-state index contributed by atoms with van der Waals surface area (Å²) in [4.78, 5) is 21.9. The van der Waals surface area contributed by atoms with Crippen molar-refractivity contribution in [3.63, 3.8) is 0 Å². The van der Waals surface area contributed by atoms with Gasteiger partial charge in [0.1, 0.15) is 11.3 Å². The second-order valence-corrected chi connectivity index (χ2v) is 7.48. The molecule has 1 N–H and O–H groups in total. The van der Waals surface area contributed by atoms with E-state index >= 15 is 0 Å². The summed E-state index contributed by atoms with van der Waals surface area (Å²) in [6, 6.07) is 4.14. The number of fused-ring (bicyclic) bond motifs is 2. The predicted molar refractivity (Wildman–Crippen MR) is 106 cm³/mol. The third-order valence-corrected chi connectivity index (χ3v) is 5.62. The molecule has 3 aromatic rings. The lowest BCUT2D eigenvalue weighted by atomic mass is 10.1. The van der Waals surface area contributed by atoms with Gasteiger partial charge in [0, 0.05) is 25.8 Å². The number of hydrogen-bond acceptors (Lipinski definition) is 6. The van der Waals surface area contributed by atoms with E-state index < -0.39 is 0 Å². The van der Waals surface area contributed by atoms with Crippen LogP contribution in [0.25, 0.3) is 11.2 Å². The molecule has 0 spiro atoms. The highest BCUT2D eigenvalue weighted by molar-refractivity contribution is 5.73. The summed E-state index contributed by atoms with van der Waals surface area (Å²) in [5, 5.41) is 3.32. The summed E-state index contributed by atoms with van der Waals surface area (Å²) in [6.45, 7) is 4.04. The summed E-state index contributed by atoms with van der Waals surface area (Å²) < 4.78 is 14.6. The van der Waals surface area contributed by atoms with Crippen molar-refractivity contribution in [2.45, 2.75) is 32.2 Å². The number of aryl methyl sites for hydroxylation is 2. The molecule has 5 rings (SSSR count). The number of rotatable bonds is 3. The molecule has 8 heteroatoms. The largest absolute Gasteiger partial charge is 0.493 e. The van der Waals surface area contributed by atoms with Crippen LogP contribution in [0.4, 0.5) is 11.6 Å². The van der Waals surface area contributed by atoms with Crippen LogP contribution in [-0.4, -0.2) is 38.9 Å². The molecule has 1 atom stereocenters. The normalized spacial score (nSPS) is 18.9. The van der Waals surface area contributed by atoms with Gasteiger partial charge in [-0.1, -0.05) is 0 Å². The molecular formula is C20H23N5O3. The number of nitrogens with one attached hydrogen (secondary N) is 1. The molecule has 1 fully saturated rings. The zero-order chi connectivity index (χ0) is 19.3. The highest BCUT2D eigenvalue weighted by atomic mass is 16.5. The summed E-state index contributed by atoms with van der Waals surface area (Å²) in [7, 11) is 1.76. The van der Waals surface area contributed by atoms with E-state index in [0.29, 0.717) is 18.2 Å². The first kappa shape index (κ1) is 17.2. The fourth-order valence-corrected chi connectivity index (χ4v) is 4.03. The molecule has 1 unspecified atom stereocenters. The van der Waals surface area contributed by atoms with Gasteiger partial charge in [-0.25, -0.2) is 9.78 Å². The van der Waals surface area contributed by atoms with Gasteiger partial charge in [-0.3, -0.25) is 9.13 Å². The molecule has 0 aliphatic carbocycles. The number of hydrogen-bond donors (Lipinski definition) is 1. The van der Waals surface area contributed by atoms with Gasteiger partial charge in [0.15, 0.2) is 5.65 Å². The van der Waals surface area contributed by atoms with E-state index in [4.69, 9.17) is 14.5 Å². The molecule has 0 saturated carbocycles. The Balaban J connectivity index is 1.55. The van der Waals surface area contributed by atoms with Crippen molar-refractivity contribution in [3.8, 4) is 5.75 Å². The van der Waals surface area contributed by atoms with Crippen molar-refractivity contribution >= 4 is 22.8 Å². The zero-order valence-electron chi connectivity index (χ0n) is 16.1. The van der Waals surface area contributed by atoms with Crippen molar-refractivity contribution < 1.29 is 9.47 Å². The minimum atomic E-state index is -0.0807. The lowest BCUT2D eigenvalue weighted by Crippen LogP contribution is -2.31. The Morgan fingerprint density at radius 1 is 1.29 bits per heavy atom. The van der Waals surface area contributed by atoms with Crippen molar-refractivity contribution in [1.29, 1.82) is 0 Å². The van der Waals surface area contributed by atoms with Gasteiger partial charge in [0.05, 0.1) is 25.5 Å². The number of aromatic nitrogens is 4. The van der Waals surface area contributed by atoms with Crippen LogP contribution in [0.3, 0.4) is 0 Å². The van der Waals surface area contributed by atoms with Crippen molar-refractivity contribution in [1.82, 2.24) is 19.1 Å². The first-order valence-corrected chi connectivity index (χ1v) is 9.67.